The maximum atomic E-state index is 11.1. The molecule has 0 heterocycles. The molecule has 0 aliphatic rings. The van der Waals surface area contributed by atoms with Crippen LogP contribution in [0.1, 0.15) is 12.5 Å². The Kier molecular flexibility index (Phi) is 3.37. The lowest BCUT2D eigenvalue weighted by molar-refractivity contribution is -0.116. The van der Waals surface area contributed by atoms with Crippen LogP contribution in [0.5, 0.6) is 0 Å². The average molecular weight is 204 g/mol. The molecule has 0 unspecified atom stereocenters. The van der Waals surface area contributed by atoms with Gasteiger partial charge in [-0.05, 0) is 24.6 Å². The Morgan fingerprint density at radius 2 is 2.13 bits per heavy atom. The summed E-state index contributed by atoms with van der Waals surface area (Å²) in [6.45, 7) is 3.32. The van der Waals surface area contributed by atoms with Crippen molar-refractivity contribution in [1.82, 2.24) is 0 Å². The Hall–Kier alpha value is -1.93. The highest BCUT2D eigenvalue weighted by Gasteiger charge is 2.07. The van der Waals surface area contributed by atoms with Crippen molar-refractivity contribution in [2.45, 2.75) is 13.8 Å². The van der Waals surface area contributed by atoms with E-state index in [-0.39, 0.29) is 5.91 Å². The number of aryl methyl sites for hydroxylation is 1. The van der Waals surface area contributed by atoms with Crippen LogP contribution in [-0.2, 0) is 9.59 Å². The molecule has 15 heavy (non-hydrogen) atoms. The monoisotopic (exact) mass is 204 g/mol. The maximum Gasteiger partial charge on any atom is 0.240 e. The summed E-state index contributed by atoms with van der Waals surface area (Å²) >= 11 is 0. The van der Waals surface area contributed by atoms with E-state index < -0.39 is 0 Å². The molecule has 78 valence electrons. The Balaban J connectivity index is 3.18. The third kappa shape index (κ3) is 2.51. The summed E-state index contributed by atoms with van der Waals surface area (Å²) in [5.74, 6) is -0.0696. The summed E-state index contributed by atoms with van der Waals surface area (Å²) in [4.78, 5) is 26.3. The number of benzene rings is 1. The van der Waals surface area contributed by atoms with E-state index in [2.05, 4.69) is 4.99 Å². The second-order valence-electron chi connectivity index (χ2n) is 3.25. The van der Waals surface area contributed by atoms with Crippen molar-refractivity contribution < 1.29 is 9.59 Å². The number of amides is 1. The van der Waals surface area contributed by atoms with Crippen molar-refractivity contribution in [3.05, 3.63) is 23.8 Å². The number of aliphatic imine (C=N–C) groups is 1. The van der Waals surface area contributed by atoms with Crippen LogP contribution in [0.2, 0.25) is 0 Å². The van der Waals surface area contributed by atoms with Gasteiger partial charge in [-0.2, -0.15) is 4.99 Å². The lowest BCUT2D eigenvalue weighted by Crippen LogP contribution is -2.22. The highest BCUT2D eigenvalue weighted by Crippen LogP contribution is 2.24. The number of anilines is 1. The largest absolute Gasteiger partial charge is 0.316 e. The molecule has 0 aliphatic heterocycles. The van der Waals surface area contributed by atoms with Gasteiger partial charge in [0.15, 0.2) is 0 Å². The molecule has 0 aromatic heterocycles. The summed E-state index contributed by atoms with van der Waals surface area (Å²) in [7, 11) is 1.67. The second kappa shape index (κ2) is 4.53. The van der Waals surface area contributed by atoms with E-state index in [0.717, 1.165) is 5.56 Å². The lowest BCUT2D eigenvalue weighted by Gasteiger charge is -2.15. The molecule has 0 spiro atoms. The summed E-state index contributed by atoms with van der Waals surface area (Å²) in [6.07, 6.45) is 1.49. The van der Waals surface area contributed by atoms with Gasteiger partial charge in [0, 0.05) is 19.7 Å². The van der Waals surface area contributed by atoms with Crippen LogP contribution in [0, 0.1) is 6.92 Å². The van der Waals surface area contributed by atoms with E-state index in [9.17, 15) is 9.59 Å². The lowest BCUT2D eigenvalue weighted by atomic mass is 10.2. The maximum absolute atomic E-state index is 11.1. The van der Waals surface area contributed by atoms with Crippen LogP contribution >= 0.6 is 0 Å². The van der Waals surface area contributed by atoms with E-state index in [1.807, 2.05) is 13.0 Å². The first-order chi connectivity index (χ1) is 7.06. The Morgan fingerprint density at radius 3 is 2.67 bits per heavy atom. The van der Waals surface area contributed by atoms with Crippen molar-refractivity contribution in [3.8, 4) is 0 Å². The van der Waals surface area contributed by atoms with Crippen molar-refractivity contribution in [2.24, 2.45) is 4.99 Å². The minimum absolute atomic E-state index is 0.0696. The van der Waals surface area contributed by atoms with E-state index in [1.54, 1.807) is 19.2 Å². The van der Waals surface area contributed by atoms with Gasteiger partial charge in [0.2, 0.25) is 12.0 Å². The van der Waals surface area contributed by atoms with Crippen LogP contribution in [0.15, 0.2) is 23.2 Å². The molecule has 0 saturated heterocycles. The average Bonchev–Trinajstić information content (AvgIpc) is 2.20. The molecule has 0 fully saturated rings. The molecule has 0 radical (unpaired) electrons. The first-order valence-electron chi connectivity index (χ1n) is 4.49. The topological polar surface area (TPSA) is 49.7 Å². The third-order valence-electron chi connectivity index (χ3n) is 2.22. The van der Waals surface area contributed by atoms with Gasteiger partial charge in [0.05, 0.1) is 5.69 Å². The fraction of sp³-hybridized carbons (Fsp3) is 0.273. The fourth-order valence-electron chi connectivity index (χ4n) is 1.16. The van der Waals surface area contributed by atoms with Gasteiger partial charge < -0.3 is 4.90 Å². The molecule has 0 atom stereocenters. The van der Waals surface area contributed by atoms with E-state index in [4.69, 9.17) is 0 Å². The Bertz CT molecular complexity index is 434. The minimum Gasteiger partial charge on any atom is -0.316 e. The highest BCUT2D eigenvalue weighted by atomic mass is 16.2. The van der Waals surface area contributed by atoms with Gasteiger partial charge in [-0.25, -0.2) is 4.79 Å². The standard InChI is InChI=1S/C11H12N2O2/c1-8-4-5-10(13(3)9(2)15)6-11(8)12-7-14/h4-6H,1-3H3. The molecule has 0 saturated carbocycles. The fourth-order valence-corrected chi connectivity index (χ4v) is 1.16. The summed E-state index contributed by atoms with van der Waals surface area (Å²) < 4.78 is 0. The molecule has 1 amide bonds. The molecule has 0 aliphatic carbocycles. The summed E-state index contributed by atoms with van der Waals surface area (Å²) in [6, 6.07) is 5.30. The Labute approximate surface area is 88.2 Å². The Morgan fingerprint density at radius 1 is 1.47 bits per heavy atom. The smallest absolute Gasteiger partial charge is 0.240 e. The molecular weight excluding hydrogens is 192 g/mol. The van der Waals surface area contributed by atoms with Crippen molar-refractivity contribution >= 4 is 23.4 Å². The number of hydrogen-bond acceptors (Lipinski definition) is 3. The van der Waals surface area contributed by atoms with Gasteiger partial charge >= 0.3 is 0 Å². The predicted molar refractivity (Wildman–Crippen MR) is 58.0 cm³/mol. The second-order valence-corrected chi connectivity index (χ2v) is 3.25. The van der Waals surface area contributed by atoms with Crippen molar-refractivity contribution in [2.75, 3.05) is 11.9 Å². The van der Waals surface area contributed by atoms with Crippen LogP contribution < -0.4 is 4.90 Å². The van der Waals surface area contributed by atoms with E-state index in [0.29, 0.717) is 11.4 Å². The van der Waals surface area contributed by atoms with E-state index >= 15 is 0 Å². The molecule has 1 aromatic rings. The molecule has 4 nitrogen and oxygen atoms in total. The van der Waals surface area contributed by atoms with Crippen molar-refractivity contribution in [1.29, 1.82) is 0 Å². The zero-order chi connectivity index (χ0) is 11.4. The number of carbonyl (C=O) groups excluding carboxylic acids is 2. The first kappa shape index (κ1) is 11.1. The number of nitrogens with zero attached hydrogens (tertiary/aromatic N) is 2. The normalized spacial score (nSPS) is 9.27. The van der Waals surface area contributed by atoms with Gasteiger partial charge in [-0.15, -0.1) is 0 Å². The number of hydrogen-bond donors (Lipinski definition) is 0. The molecule has 1 aromatic carbocycles. The predicted octanol–water partition coefficient (Wildman–Crippen LogP) is 1.95. The number of carbonyl (C=O) groups is 1. The van der Waals surface area contributed by atoms with Gasteiger partial charge in [0.1, 0.15) is 0 Å². The molecular formula is C11H12N2O2. The minimum atomic E-state index is -0.0696. The summed E-state index contributed by atoms with van der Waals surface area (Å²) in [5.41, 5.74) is 2.12. The van der Waals surface area contributed by atoms with E-state index in [1.165, 1.54) is 17.9 Å². The third-order valence-corrected chi connectivity index (χ3v) is 2.22. The molecule has 1 rings (SSSR count). The SMILES string of the molecule is CC(=O)N(C)c1ccc(C)c(N=C=O)c1. The molecule has 0 N–H and O–H groups in total. The number of rotatable bonds is 2. The van der Waals surface area contributed by atoms with Crippen LogP contribution in [-0.4, -0.2) is 19.0 Å². The van der Waals surface area contributed by atoms with Gasteiger partial charge in [-0.1, -0.05) is 6.07 Å². The highest BCUT2D eigenvalue weighted by molar-refractivity contribution is 5.91. The summed E-state index contributed by atoms with van der Waals surface area (Å²) in [5, 5.41) is 0. The number of isocyanates is 1. The van der Waals surface area contributed by atoms with Crippen LogP contribution in [0.3, 0.4) is 0 Å². The van der Waals surface area contributed by atoms with Crippen molar-refractivity contribution in [3.63, 3.8) is 0 Å². The van der Waals surface area contributed by atoms with Crippen LogP contribution in [0.4, 0.5) is 11.4 Å². The van der Waals surface area contributed by atoms with Crippen LogP contribution in [0.25, 0.3) is 0 Å². The van der Waals surface area contributed by atoms with Gasteiger partial charge in [-0.3, -0.25) is 4.79 Å². The zero-order valence-corrected chi connectivity index (χ0v) is 8.94. The van der Waals surface area contributed by atoms with Gasteiger partial charge in [0.25, 0.3) is 0 Å². The molecule has 0 bridgehead atoms. The quantitative estimate of drug-likeness (QED) is 0.546. The molecule has 4 heteroatoms. The first-order valence-corrected chi connectivity index (χ1v) is 4.49. The zero-order valence-electron chi connectivity index (χ0n) is 8.94.